The van der Waals surface area contributed by atoms with Crippen LogP contribution in [-0.4, -0.2) is 41.0 Å². The molecule has 0 spiro atoms. The summed E-state index contributed by atoms with van der Waals surface area (Å²) >= 11 is 5.94. The second kappa shape index (κ2) is 10.9. The molecule has 1 aliphatic carbocycles. The van der Waals surface area contributed by atoms with E-state index in [1.165, 1.54) is 0 Å². The van der Waals surface area contributed by atoms with Crippen molar-refractivity contribution in [2.45, 2.75) is 32.4 Å². The lowest BCUT2D eigenvalue weighted by Gasteiger charge is -2.24. The van der Waals surface area contributed by atoms with E-state index in [-0.39, 0.29) is 24.3 Å². The van der Waals surface area contributed by atoms with Crippen LogP contribution in [0.5, 0.6) is 0 Å². The summed E-state index contributed by atoms with van der Waals surface area (Å²) in [5.74, 6) is -0.0481. The number of allylic oxidation sites excluding steroid dienone is 5. The van der Waals surface area contributed by atoms with Crippen LogP contribution in [0.3, 0.4) is 0 Å². The van der Waals surface area contributed by atoms with E-state index >= 15 is 0 Å². The molecular formula is C28H29ClN2O3. The Morgan fingerprint density at radius 3 is 2.74 bits per heavy atom. The lowest BCUT2D eigenvalue weighted by atomic mass is 10.00. The summed E-state index contributed by atoms with van der Waals surface area (Å²) in [5.41, 5.74) is 4.27. The third-order valence-electron chi connectivity index (χ3n) is 6.25. The SMILES string of the molecule is C[C@@H]1C[C@@H](C(=O)NCc2ccc(Cl)cc2)N(C(=O)c2cccc(C3=CC=CCC(CO)=C3)c2)C1. The molecule has 0 saturated carbocycles. The Morgan fingerprint density at radius 1 is 1.18 bits per heavy atom. The normalized spacial score (nSPS) is 19.9. The summed E-state index contributed by atoms with van der Waals surface area (Å²) in [6.07, 6.45) is 9.25. The molecule has 1 aliphatic heterocycles. The van der Waals surface area contributed by atoms with Crippen molar-refractivity contribution in [3.05, 3.63) is 100 Å². The van der Waals surface area contributed by atoms with E-state index in [1.54, 1.807) is 23.1 Å². The zero-order chi connectivity index (χ0) is 24.1. The van der Waals surface area contributed by atoms with Gasteiger partial charge in [-0.2, -0.15) is 0 Å². The fourth-order valence-electron chi connectivity index (χ4n) is 4.43. The van der Waals surface area contributed by atoms with Crippen LogP contribution in [0.2, 0.25) is 5.02 Å². The third-order valence-corrected chi connectivity index (χ3v) is 6.50. The Bertz CT molecular complexity index is 1150. The van der Waals surface area contributed by atoms with Gasteiger partial charge >= 0.3 is 0 Å². The molecule has 5 nitrogen and oxygen atoms in total. The number of amides is 2. The second-order valence-electron chi connectivity index (χ2n) is 8.95. The summed E-state index contributed by atoms with van der Waals surface area (Å²) < 4.78 is 0. The summed E-state index contributed by atoms with van der Waals surface area (Å²) in [6, 6.07) is 14.3. The van der Waals surface area contributed by atoms with Gasteiger partial charge in [0.15, 0.2) is 0 Å². The lowest BCUT2D eigenvalue weighted by Crippen LogP contribution is -2.45. The fraction of sp³-hybridized carbons (Fsp3) is 0.286. The van der Waals surface area contributed by atoms with Gasteiger partial charge in [0.2, 0.25) is 5.91 Å². The summed E-state index contributed by atoms with van der Waals surface area (Å²) in [5, 5.41) is 13.2. The number of benzene rings is 2. The lowest BCUT2D eigenvalue weighted by molar-refractivity contribution is -0.125. The van der Waals surface area contributed by atoms with Crippen molar-refractivity contribution in [1.29, 1.82) is 0 Å². The highest BCUT2D eigenvalue weighted by Crippen LogP contribution is 2.27. The molecular weight excluding hydrogens is 448 g/mol. The van der Waals surface area contributed by atoms with Crippen molar-refractivity contribution in [2.24, 2.45) is 5.92 Å². The number of hydrogen-bond acceptors (Lipinski definition) is 3. The van der Waals surface area contributed by atoms with Crippen molar-refractivity contribution in [3.63, 3.8) is 0 Å². The minimum atomic E-state index is -0.501. The molecule has 34 heavy (non-hydrogen) atoms. The number of halogens is 1. The molecule has 0 aromatic heterocycles. The number of aliphatic hydroxyl groups excluding tert-OH is 1. The minimum Gasteiger partial charge on any atom is -0.392 e. The van der Waals surface area contributed by atoms with Gasteiger partial charge in [0.05, 0.1) is 6.61 Å². The van der Waals surface area contributed by atoms with Crippen molar-refractivity contribution >= 4 is 29.0 Å². The molecule has 6 heteroatoms. The quantitative estimate of drug-likeness (QED) is 0.631. The highest BCUT2D eigenvalue weighted by molar-refractivity contribution is 6.30. The number of nitrogens with zero attached hydrogens (tertiary/aromatic N) is 1. The summed E-state index contributed by atoms with van der Waals surface area (Å²) in [6.45, 7) is 2.99. The van der Waals surface area contributed by atoms with Gasteiger partial charge in [0.1, 0.15) is 6.04 Å². The van der Waals surface area contributed by atoms with Gasteiger partial charge in [-0.05, 0) is 65.3 Å². The largest absolute Gasteiger partial charge is 0.392 e. The summed E-state index contributed by atoms with van der Waals surface area (Å²) in [7, 11) is 0. The van der Waals surface area contributed by atoms with Crippen LogP contribution in [-0.2, 0) is 11.3 Å². The molecule has 2 aromatic carbocycles. The molecule has 176 valence electrons. The maximum atomic E-state index is 13.5. The Labute approximate surface area is 205 Å². The Kier molecular flexibility index (Phi) is 7.66. The first kappa shape index (κ1) is 24.0. The standard InChI is InChI=1S/C28H29ClN2O3/c1-19-13-26(27(33)30-16-20-9-11-25(29)12-10-20)31(17-19)28(34)24-8-4-7-23(15-24)22-6-3-2-5-21(14-22)18-32/h2-4,6-12,14-15,19,26,32H,5,13,16-18H2,1H3,(H,30,33)/t19-,26+/m1/s1. The van der Waals surface area contributed by atoms with E-state index in [4.69, 9.17) is 11.6 Å². The van der Waals surface area contributed by atoms with Gasteiger partial charge in [-0.3, -0.25) is 9.59 Å². The van der Waals surface area contributed by atoms with Crippen molar-refractivity contribution < 1.29 is 14.7 Å². The summed E-state index contributed by atoms with van der Waals surface area (Å²) in [4.78, 5) is 28.2. The molecule has 2 aliphatic rings. The van der Waals surface area contributed by atoms with Gasteiger partial charge in [-0.15, -0.1) is 0 Å². The first-order valence-corrected chi connectivity index (χ1v) is 11.9. The molecule has 0 radical (unpaired) electrons. The smallest absolute Gasteiger partial charge is 0.254 e. The average molecular weight is 477 g/mol. The maximum absolute atomic E-state index is 13.5. The van der Waals surface area contributed by atoms with Crippen LogP contribution in [0.25, 0.3) is 5.57 Å². The first-order chi connectivity index (χ1) is 16.4. The van der Waals surface area contributed by atoms with Crippen molar-refractivity contribution in [1.82, 2.24) is 10.2 Å². The number of carbonyl (C=O) groups excluding carboxylic acids is 2. The maximum Gasteiger partial charge on any atom is 0.254 e. The fourth-order valence-corrected chi connectivity index (χ4v) is 4.56. The highest BCUT2D eigenvalue weighted by atomic mass is 35.5. The van der Waals surface area contributed by atoms with Crippen LogP contribution in [0.15, 0.2) is 78.4 Å². The van der Waals surface area contributed by atoms with Gasteiger partial charge in [0, 0.05) is 23.7 Å². The topological polar surface area (TPSA) is 69.6 Å². The van der Waals surface area contributed by atoms with Crippen LogP contribution < -0.4 is 5.32 Å². The monoisotopic (exact) mass is 476 g/mol. The number of hydrogen-bond donors (Lipinski definition) is 2. The Morgan fingerprint density at radius 2 is 1.97 bits per heavy atom. The molecule has 2 N–H and O–H groups in total. The number of rotatable bonds is 6. The van der Waals surface area contributed by atoms with E-state index in [9.17, 15) is 14.7 Å². The van der Waals surface area contributed by atoms with Crippen LogP contribution in [0.1, 0.15) is 41.3 Å². The van der Waals surface area contributed by atoms with E-state index < -0.39 is 6.04 Å². The molecule has 0 unspecified atom stereocenters. The number of nitrogens with one attached hydrogen (secondary N) is 1. The first-order valence-electron chi connectivity index (χ1n) is 11.6. The van der Waals surface area contributed by atoms with Gasteiger partial charge < -0.3 is 15.3 Å². The molecule has 1 fully saturated rings. The van der Waals surface area contributed by atoms with E-state index in [0.29, 0.717) is 36.5 Å². The van der Waals surface area contributed by atoms with E-state index in [2.05, 4.69) is 12.2 Å². The third kappa shape index (κ3) is 5.66. The predicted molar refractivity (Wildman–Crippen MR) is 135 cm³/mol. The molecule has 0 bridgehead atoms. The molecule has 4 rings (SSSR count). The van der Waals surface area contributed by atoms with Crippen LogP contribution in [0.4, 0.5) is 0 Å². The van der Waals surface area contributed by atoms with Gasteiger partial charge in [-0.25, -0.2) is 0 Å². The molecule has 2 amide bonds. The van der Waals surface area contributed by atoms with Crippen molar-refractivity contribution in [3.8, 4) is 0 Å². The average Bonchev–Trinajstić information content (AvgIpc) is 3.09. The predicted octanol–water partition coefficient (Wildman–Crippen LogP) is 4.77. The highest BCUT2D eigenvalue weighted by Gasteiger charge is 2.38. The van der Waals surface area contributed by atoms with E-state index in [1.807, 2.05) is 54.6 Å². The zero-order valence-electron chi connectivity index (χ0n) is 19.2. The van der Waals surface area contributed by atoms with Gasteiger partial charge in [-0.1, -0.05) is 67.1 Å². The zero-order valence-corrected chi connectivity index (χ0v) is 20.0. The van der Waals surface area contributed by atoms with Crippen LogP contribution in [0, 0.1) is 5.92 Å². The number of aliphatic hydroxyl groups is 1. The molecule has 2 atom stereocenters. The second-order valence-corrected chi connectivity index (χ2v) is 9.39. The Hall–Kier alpha value is -3.15. The number of carbonyl (C=O) groups is 2. The molecule has 1 saturated heterocycles. The molecule has 1 heterocycles. The van der Waals surface area contributed by atoms with E-state index in [0.717, 1.165) is 22.3 Å². The van der Waals surface area contributed by atoms with Crippen molar-refractivity contribution in [2.75, 3.05) is 13.2 Å². The minimum absolute atomic E-state index is 0.00121. The van der Waals surface area contributed by atoms with Gasteiger partial charge in [0.25, 0.3) is 5.91 Å². The van der Waals surface area contributed by atoms with Crippen LogP contribution >= 0.6 is 11.6 Å². The Balaban J connectivity index is 1.50. The molecule has 2 aromatic rings. The number of likely N-dealkylation sites (tertiary alicyclic amines) is 1.